The number of fused-ring (bicyclic) bond motifs is 1. The minimum atomic E-state index is -0.269. The Morgan fingerprint density at radius 3 is 2.26 bits per heavy atom. The van der Waals surface area contributed by atoms with E-state index in [9.17, 15) is 9.59 Å². The summed E-state index contributed by atoms with van der Waals surface area (Å²) in [5, 5.41) is 7.69. The van der Waals surface area contributed by atoms with Crippen LogP contribution in [0.4, 0.5) is 5.69 Å². The lowest BCUT2D eigenvalue weighted by molar-refractivity contribution is -0.118. The predicted octanol–water partition coefficient (Wildman–Crippen LogP) is 4.79. The molecule has 0 radical (unpaired) electrons. The van der Waals surface area contributed by atoms with Gasteiger partial charge in [0, 0.05) is 23.2 Å². The van der Waals surface area contributed by atoms with Gasteiger partial charge in [-0.05, 0) is 41.3 Å². The van der Waals surface area contributed by atoms with Crippen molar-refractivity contribution in [3.05, 3.63) is 108 Å². The summed E-state index contributed by atoms with van der Waals surface area (Å²) in [6, 6.07) is 30.1. The molecule has 4 aromatic carbocycles. The monoisotopic (exact) mass is 410 g/mol. The van der Waals surface area contributed by atoms with Crippen molar-refractivity contribution in [1.82, 2.24) is 5.32 Å². The van der Waals surface area contributed by atoms with Crippen molar-refractivity contribution in [3.8, 4) is 5.75 Å². The second kappa shape index (κ2) is 9.59. The van der Waals surface area contributed by atoms with E-state index in [2.05, 4.69) is 10.6 Å². The van der Waals surface area contributed by atoms with E-state index in [1.54, 1.807) is 24.3 Å². The van der Waals surface area contributed by atoms with Crippen LogP contribution < -0.4 is 15.4 Å². The molecule has 0 heterocycles. The number of anilines is 1. The number of nitrogens with one attached hydrogen (secondary N) is 2. The molecule has 0 atom stereocenters. The normalized spacial score (nSPS) is 10.5. The van der Waals surface area contributed by atoms with E-state index < -0.39 is 0 Å². The fraction of sp³-hybridized carbons (Fsp3) is 0.0769. The molecule has 0 aliphatic carbocycles. The molecule has 0 aliphatic heterocycles. The van der Waals surface area contributed by atoms with Gasteiger partial charge in [-0.2, -0.15) is 0 Å². The van der Waals surface area contributed by atoms with E-state index in [1.807, 2.05) is 72.8 Å². The summed E-state index contributed by atoms with van der Waals surface area (Å²) in [6.45, 7) is 0.358. The highest BCUT2D eigenvalue weighted by Crippen LogP contribution is 2.25. The van der Waals surface area contributed by atoms with Gasteiger partial charge in [0.2, 0.25) is 0 Å². The van der Waals surface area contributed by atoms with Crippen molar-refractivity contribution in [1.29, 1.82) is 0 Å². The highest BCUT2D eigenvalue weighted by Gasteiger charge is 2.08. The number of rotatable bonds is 7. The minimum Gasteiger partial charge on any atom is -0.483 e. The number of amides is 2. The number of ether oxygens (including phenoxy) is 1. The zero-order valence-electron chi connectivity index (χ0n) is 16.9. The fourth-order valence-electron chi connectivity index (χ4n) is 3.25. The van der Waals surface area contributed by atoms with E-state index in [4.69, 9.17) is 4.74 Å². The molecule has 0 bridgehead atoms. The van der Waals surface area contributed by atoms with E-state index in [0.717, 1.165) is 16.3 Å². The van der Waals surface area contributed by atoms with Gasteiger partial charge in [-0.3, -0.25) is 9.59 Å². The van der Waals surface area contributed by atoms with Gasteiger partial charge in [0.05, 0.1) is 0 Å². The molecule has 0 fully saturated rings. The van der Waals surface area contributed by atoms with Crippen molar-refractivity contribution >= 4 is 28.3 Å². The van der Waals surface area contributed by atoms with Gasteiger partial charge < -0.3 is 15.4 Å². The molecule has 31 heavy (non-hydrogen) atoms. The third kappa shape index (κ3) is 5.28. The molecule has 0 spiro atoms. The van der Waals surface area contributed by atoms with Crippen molar-refractivity contribution < 1.29 is 14.3 Å². The molecule has 0 aromatic heterocycles. The second-order valence-electron chi connectivity index (χ2n) is 7.06. The third-order valence-electron chi connectivity index (χ3n) is 4.84. The Kier molecular flexibility index (Phi) is 6.24. The summed E-state index contributed by atoms with van der Waals surface area (Å²) >= 11 is 0. The van der Waals surface area contributed by atoms with Crippen LogP contribution >= 0.6 is 0 Å². The van der Waals surface area contributed by atoms with Gasteiger partial charge >= 0.3 is 0 Å². The Balaban J connectivity index is 1.30. The summed E-state index contributed by atoms with van der Waals surface area (Å²) < 4.78 is 5.71. The SMILES string of the molecule is O=C(COc1cccc2ccccc12)Nc1ccc(C(=O)NCc2ccccc2)cc1. The largest absolute Gasteiger partial charge is 0.483 e. The summed E-state index contributed by atoms with van der Waals surface area (Å²) in [6.07, 6.45) is 0. The third-order valence-corrected chi connectivity index (χ3v) is 4.84. The van der Waals surface area contributed by atoms with Crippen LogP contribution in [0.1, 0.15) is 15.9 Å². The zero-order chi connectivity index (χ0) is 21.5. The molecule has 5 nitrogen and oxygen atoms in total. The lowest BCUT2D eigenvalue weighted by atomic mass is 10.1. The number of carbonyl (C=O) groups excluding carboxylic acids is 2. The first kappa shape index (κ1) is 20.2. The first-order chi connectivity index (χ1) is 15.2. The second-order valence-corrected chi connectivity index (χ2v) is 7.06. The van der Waals surface area contributed by atoms with Crippen LogP contribution in [0.3, 0.4) is 0 Å². The average molecular weight is 410 g/mol. The molecule has 2 N–H and O–H groups in total. The molecule has 0 unspecified atom stereocenters. The summed E-state index contributed by atoms with van der Waals surface area (Å²) in [5.74, 6) is 0.230. The molecular weight excluding hydrogens is 388 g/mol. The molecule has 154 valence electrons. The highest BCUT2D eigenvalue weighted by molar-refractivity contribution is 5.96. The van der Waals surface area contributed by atoms with Gasteiger partial charge in [-0.15, -0.1) is 0 Å². The quantitative estimate of drug-likeness (QED) is 0.460. The van der Waals surface area contributed by atoms with Gasteiger partial charge in [0.25, 0.3) is 11.8 Å². The molecule has 2 amide bonds. The van der Waals surface area contributed by atoms with Gasteiger partial charge in [0.15, 0.2) is 6.61 Å². The lowest BCUT2D eigenvalue weighted by Crippen LogP contribution is -2.23. The summed E-state index contributed by atoms with van der Waals surface area (Å²) in [5.41, 5.74) is 2.16. The number of hydrogen-bond acceptors (Lipinski definition) is 3. The number of carbonyl (C=O) groups is 2. The van der Waals surface area contributed by atoms with Gasteiger partial charge in [-0.25, -0.2) is 0 Å². The van der Waals surface area contributed by atoms with Crippen LogP contribution in [0, 0.1) is 0 Å². The molecule has 0 aliphatic rings. The van der Waals surface area contributed by atoms with E-state index in [-0.39, 0.29) is 18.4 Å². The standard InChI is InChI=1S/C26H22N2O3/c29-25(18-31-24-12-6-10-20-9-4-5-11-23(20)24)28-22-15-13-21(14-16-22)26(30)27-17-19-7-2-1-3-8-19/h1-16H,17-18H2,(H,27,30)(H,28,29). The minimum absolute atomic E-state index is 0.104. The Bertz CT molecular complexity index is 1180. The molecule has 0 saturated carbocycles. The molecule has 4 rings (SSSR count). The first-order valence-corrected chi connectivity index (χ1v) is 10.0. The molecule has 4 aromatic rings. The van der Waals surface area contributed by atoms with E-state index >= 15 is 0 Å². The Morgan fingerprint density at radius 1 is 0.742 bits per heavy atom. The lowest BCUT2D eigenvalue weighted by Gasteiger charge is -2.10. The van der Waals surface area contributed by atoms with E-state index in [1.165, 1.54) is 0 Å². The van der Waals surface area contributed by atoms with Gasteiger partial charge in [-0.1, -0.05) is 66.7 Å². The van der Waals surface area contributed by atoms with Crippen LogP contribution in [-0.2, 0) is 11.3 Å². The maximum absolute atomic E-state index is 12.3. The maximum Gasteiger partial charge on any atom is 0.262 e. The molecular formula is C26H22N2O3. The summed E-state index contributed by atoms with van der Waals surface area (Å²) in [4.78, 5) is 24.6. The van der Waals surface area contributed by atoms with Crippen LogP contribution in [0.2, 0.25) is 0 Å². The Labute approximate surface area is 180 Å². The van der Waals surface area contributed by atoms with Crippen LogP contribution in [0.15, 0.2) is 97.1 Å². The van der Waals surface area contributed by atoms with Crippen molar-refractivity contribution in [2.45, 2.75) is 6.54 Å². The topological polar surface area (TPSA) is 67.4 Å². The summed E-state index contributed by atoms with van der Waals surface area (Å²) in [7, 11) is 0. The zero-order valence-corrected chi connectivity index (χ0v) is 16.9. The Morgan fingerprint density at radius 2 is 1.45 bits per heavy atom. The maximum atomic E-state index is 12.3. The fourth-order valence-corrected chi connectivity index (χ4v) is 3.25. The molecule has 5 heteroatoms. The van der Waals surface area contributed by atoms with Crippen LogP contribution in [-0.4, -0.2) is 18.4 Å². The highest BCUT2D eigenvalue weighted by atomic mass is 16.5. The van der Waals surface area contributed by atoms with Crippen molar-refractivity contribution in [3.63, 3.8) is 0 Å². The van der Waals surface area contributed by atoms with Crippen molar-refractivity contribution in [2.75, 3.05) is 11.9 Å². The predicted molar refractivity (Wildman–Crippen MR) is 122 cm³/mol. The average Bonchev–Trinajstić information content (AvgIpc) is 2.82. The van der Waals surface area contributed by atoms with E-state index in [0.29, 0.717) is 23.5 Å². The number of benzene rings is 4. The van der Waals surface area contributed by atoms with Crippen LogP contribution in [0.25, 0.3) is 10.8 Å². The van der Waals surface area contributed by atoms with Crippen molar-refractivity contribution in [2.24, 2.45) is 0 Å². The van der Waals surface area contributed by atoms with Crippen LogP contribution in [0.5, 0.6) is 5.75 Å². The molecule has 0 saturated heterocycles. The number of hydrogen-bond donors (Lipinski definition) is 2. The van der Waals surface area contributed by atoms with Gasteiger partial charge in [0.1, 0.15) is 5.75 Å². The smallest absolute Gasteiger partial charge is 0.262 e. The first-order valence-electron chi connectivity index (χ1n) is 10.0. The Hall–Kier alpha value is -4.12.